The molecule has 0 heterocycles. The Hall–Kier alpha value is -1.93. The lowest BCUT2D eigenvalue weighted by Gasteiger charge is -2.27. The van der Waals surface area contributed by atoms with E-state index < -0.39 is 10.7 Å². The quantitative estimate of drug-likeness (QED) is 0.378. The van der Waals surface area contributed by atoms with Gasteiger partial charge in [0.1, 0.15) is 10.6 Å². The van der Waals surface area contributed by atoms with Gasteiger partial charge in [0.15, 0.2) is 9.91 Å². The number of nitrogens with one attached hydrogen (secondary N) is 2. The minimum Gasteiger partial charge on any atom is -0.480 e. The van der Waals surface area contributed by atoms with Crippen molar-refractivity contribution in [3.05, 3.63) is 47.8 Å². The van der Waals surface area contributed by atoms with E-state index in [0.29, 0.717) is 10.8 Å². The third-order valence-electron chi connectivity index (χ3n) is 3.64. The maximum Gasteiger partial charge on any atom is 0.319 e. The third kappa shape index (κ3) is 4.38. The molecule has 0 aromatic heterocycles. The number of carbonyl (C=O) groups is 1. The summed E-state index contributed by atoms with van der Waals surface area (Å²) in [5.41, 5.74) is 0.736. The molecular formula is C17H17BrFN3O2S. The van der Waals surface area contributed by atoms with Crippen molar-refractivity contribution in [2.24, 2.45) is 0 Å². The molecule has 0 radical (unpaired) electrons. The van der Waals surface area contributed by atoms with Crippen LogP contribution in [-0.4, -0.2) is 30.6 Å². The van der Waals surface area contributed by atoms with Gasteiger partial charge in [0, 0.05) is 5.39 Å². The predicted octanol–water partition coefficient (Wildman–Crippen LogP) is 4.64. The van der Waals surface area contributed by atoms with Crippen molar-refractivity contribution in [3.8, 4) is 0 Å². The zero-order valence-corrected chi connectivity index (χ0v) is 16.0. The van der Waals surface area contributed by atoms with Crippen LogP contribution >= 0.6 is 27.7 Å². The Balaban J connectivity index is 2.35. The van der Waals surface area contributed by atoms with Gasteiger partial charge in [-0.3, -0.25) is 20.5 Å². The van der Waals surface area contributed by atoms with Crippen LogP contribution in [0.3, 0.4) is 0 Å². The topological polar surface area (TPSA) is 88.2 Å². The zero-order valence-electron chi connectivity index (χ0n) is 13.6. The molecule has 0 aliphatic carbocycles. The van der Waals surface area contributed by atoms with Crippen molar-refractivity contribution in [1.29, 1.82) is 10.8 Å². The highest BCUT2D eigenvalue weighted by Crippen LogP contribution is 2.29. The number of hydrogen-bond acceptors (Lipinski definition) is 4. The van der Waals surface area contributed by atoms with Gasteiger partial charge in [-0.25, -0.2) is 4.39 Å². The minimum atomic E-state index is -1.21. The van der Waals surface area contributed by atoms with Crippen LogP contribution in [0.2, 0.25) is 0 Å². The number of benzene rings is 2. The maximum absolute atomic E-state index is 14.0. The van der Waals surface area contributed by atoms with E-state index >= 15 is 0 Å². The average molecular weight is 426 g/mol. The number of hydrogen-bond donors (Lipinski definition) is 3. The summed E-state index contributed by atoms with van der Waals surface area (Å²) < 4.78 is 12.7. The van der Waals surface area contributed by atoms with Crippen LogP contribution in [0.1, 0.15) is 19.4 Å². The molecule has 0 saturated carbocycles. The Morgan fingerprint density at radius 3 is 2.40 bits per heavy atom. The van der Waals surface area contributed by atoms with Crippen LogP contribution in [0.15, 0.2) is 36.4 Å². The molecule has 0 atom stereocenters. The number of halogens is 2. The normalized spacial score (nSPS) is 11.4. The molecule has 0 aliphatic rings. The van der Waals surface area contributed by atoms with E-state index in [1.165, 1.54) is 24.8 Å². The van der Waals surface area contributed by atoms with Gasteiger partial charge in [-0.1, -0.05) is 42.1 Å². The monoisotopic (exact) mass is 425 g/mol. The standard InChI is InChI=1S/C17H17BrFN3O2S/c1-17(2,14(23)24)25-16(21)22(15(18)20)9-10-7-8-13(19)12-6-4-3-5-11(10)12/h3-8,20-21H,9H2,1-2H3,(H,23,24). The highest BCUT2D eigenvalue weighted by atomic mass is 79.9. The van der Waals surface area contributed by atoms with Gasteiger partial charge in [-0.15, -0.1) is 0 Å². The van der Waals surface area contributed by atoms with Gasteiger partial charge in [-0.05, 0) is 46.8 Å². The van der Waals surface area contributed by atoms with Gasteiger partial charge in [-0.2, -0.15) is 0 Å². The van der Waals surface area contributed by atoms with E-state index in [9.17, 15) is 14.3 Å². The number of fused-ring (bicyclic) bond motifs is 1. The van der Waals surface area contributed by atoms with Crippen LogP contribution in [0.25, 0.3) is 10.8 Å². The van der Waals surface area contributed by atoms with Crippen molar-refractivity contribution < 1.29 is 14.3 Å². The largest absolute Gasteiger partial charge is 0.480 e. The molecule has 0 bridgehead atoms. The number of carboxylic acid groups (broad SMARTS) is 1. The molecule has 8 heteroatoms. The highest BCUT2D eigenvalue weighted by molar-refractivity contribution is 9.18. The van der Waals surface area contributed by atoms with Gasteiger partial charge in [0.25, 0.3) is 0 Å². The van der Waals surface area contributed by atoms with Crippen molar-refractivity contribution in [1.82, 2.24) is 4.90 Å². The SMILES string of the molecule is CC(C)(SC(=N)N(Cc1ccc(F)c2ccccc12)C(=N)Br)C(=O)O. The van der Waals surface area contributed by atoms with Gasteiger partial charge < -0.3 is 5.11 Å². The Morgan fingerprint density at radius 2 is 1.84 bits per heavy atom. The first kappa shape index (κ1) is 19.4. The van der Waals surface area contributed by atoms with Crippen molar-refractivity contribution in [3.63, 3.8) is 0 Å². The maximum atomic E-state index is 14.0. The number of thioether (sulfide) groups is 1. The van der Waals surface area contributed by atoms with Gasteiger partial charge >= 0.3 is 5.97 Å². The summed E-state index contributed by atoms with van der Waals surface area (Å²) in [6.07, 6.45) is 0. The van der Waals surface area contributed by atoms with E-state index in [1.807, 2.05) is 0 Å². The number of amidine groups is 2. The van der Waals surface area contributed by atoms with Crippen LogP contribution < -0.4 is 0 Å². The number of carboxylic acids is 1. The van der Waals surface area contributed by atoms with E-state index in [0.717, 1.165) is 17.3 Å². The van der Waals surface area contributed by atoms with E-state index in [2.05, 4.69) is 15.9 Å². The molecule has 25 heavy (non-hydrogen) atoms. The molecule has 132 valence electrons. The van der Waals surface area contributed by atoms with E-state index in [4.69, 9.17) is 10.8 Å². The molecule has 0 fully saturated rings. The summed E-state index contributed by atoms with van der Waals surface area (Å²) in [7, 11) is 0. The second kappa shape index (κ2) is 7.53. The minimum absolute atomic E-state index is 0.0698. The first-order valence-corrected chi connectivity index (χ1v) is 8.93. The van der Waals surface area contributed by atoms with Crippen LogP contribution in [0, 0.1) is 16.6 Å². The third-order valence-corrected chi connectivity index (χ3v) is 5.17. The summed E-state index contributed by atoms with van der Waals surface area (Å²) in [5, 5.41) is 26.4. The number of rotatable bonds is 4. The first-order chi connectivity index (χ1) is 11.6. The van der Waals surface area contributed by atoms with Crippen molar-refractivity contribution in [2.75, 3.05) is 0 Å². The molecular weight excluding hydrogens is 409 g/mol. The highest BCUT2D eigenvalue weighted by Gasteiger charge is 2.32. The van der Waals surface area contributed by atoms with E-state index in [1.54, 1.807) is 30.3 Å². The fourth-order valence-corrected chi connectivity index (χ4v) is 3.46. The van der Waals surface area contributed by atoms with Crippen LogP contribution in [0.4, 0.5) is 4.39 Å². The Kier molecular flexibility index (Phi) is 5.84. The summed E-state index contributed by atoms with van der Waals surface area (Å²) in [6.45, 7) is 3.14. The van der Waals surface area contributed by atoms with E-state index in [-0.39, 0.29) is 22.3 Å². The molecule has 0 spiro atoms. The average Bonchev–Trinajstić information content (AvgIpc) is 2.53. The van der Waals surface area contributed by atoms with Gasteiger partial charge in [0.2, 0.25) is 0 Å². The lowest BCUT2D eigenvalue weighted by molar-refractivity contribution is -0.138. The molecule has 0 saturated heterocycles. The lowest BCUT2D eigenvalue weighted by Crippen LogP contribution is -2.36. The summed E-state index contributed by atoms with van der Waals surface area (Å²) in [5.74, 6) is -1.38. The Labute approximate surface area is 157 Å². The molecule has 0 amide bonds. The molecule has 3 N–H and O–H groups in total. The van der Waals surface area contributed by atoms with Gasteiger partial charge in [0.05, 0.1) is 6.54 Å². The molecule has 0 unspecified atom stereocenters. The van der Waals surface area contributed by atoms with Crippen molar-refractivity contribution >= 4 is 54.3 Å². The molecule has 2 aromatic rings. The second-order valence-electron chi connectivity index (χ2n) is 5.85. The number of aliphatic carboxylic acids is 1. The summed E-state index contributed by atoms with van der Waals surface area (Å²) >= 11 is 3.89. The first-order valence-electron chi connectivity index (χ1n) is 7.32. The fraction of sp³-hybridized carbons (Fsp3) is 0.235. The fourth-order valence-electron chi connectivity index (χ4n) is 2.20. The Morgan fingerprint density at radius 1 is 1.24 bits per heavy atom. The zero-order chi connectivity index (χ0) is 18.8. The lowest BCUT2D eigenvalue weighted by atomic mass is 10.0. The predicted molar refractivity (Wildman–Crippen MR) is 103 cm³/mol. The smallest absolute Gasteiger partial charge is 0.319 e. The van der Waals surface area contributed by atoms with Crippen LogP contribution in [-0.2, 0) is 11.3 Å². The summed E-state index contributed by atoms with van der Waals surface area (Å²) in [6, 6.07) is 9.95. The molecule has 0 aliphatic heterocycles. The second-order valence-corrected chi connectivity index (χ2v) is 8.21. The van der Waals surface area contributed by atoms with Crippen molar-refractivity contribution in [2.45, 2.75) is 25.1 Å². The summed E-state index contributed by atoms with van der Waals surface area (Å²) in [4.78, 5) is 12.6. The molecule has 2 aromatic carbocycles. The Bertz CT molecular complexity index is 857. The molecule has 5 nitrogen and oxygen atoms in total. The molecule has 2 rings (SSSR count). The number of nitrogens with zero attached hydrogens (tertiary/aromatic N) is 1. The van der Waals surface area contributed by atoms with Crippen LogP contribution in [0.5, 0.6) is 0 Å².